The minimum absolute atomic E-state index is 0.00882. The SMILES string of the molecule is C=C1/C(=C\C=C2/CCC[C@]3(C)C(C(C)OC[C@@H](O)C(C)C)=CC[C@@H]23)C[C@H](O)C[C@@H]1O. The minimum Gasteiger partial charge on any atom is -0.393 e. The third-order valence-electron chi connectivity index (χ3n) is 7.60. The van der Waals surface area contributed by atoms with Gasteiger partial charge in [0.15, 0.2) is 0 Å². The maximum absolute atomic E-state index is 10.1. The Morgan fingerprint density at radius 2 is 2.00 bits per heavy atom. The molecule has 0 aromatic carbocycles. The summed E-state index contributed by atoms with van der Waals surface area (Å²) < 4.78 is 6.07. The van der Waals surface area contributed by atoms with Crippen LogP contribution in [0.15, 0.2) is 47.1 Å². The highest BCUT2D eigenvalue weighted by Crippen LogP contribution is 2.55. The Morgan fingerprint density at radius 3 is 2.70 bits per heavy atom. The summed E-state index contributed by atoms with van der Waals surface area (Å²) >= 11 is 0. The van der Waals surface area contributed by atoms with Crippen LogP contribution in [0.2, 0.25) is 0 Å². The fourth-order valence-electron chi connectivity index (χ4n) is 5.47. The highest BCUT2D eigenvalue weighted by molar-refractivity contribution is 5.40. The van der Waals surface area contributed by atoms with E-state index in [-0.39, 0.29) is 17.4 Å². The van der Waals surface area contributed by atoms with E-state index < -0.39 is 18.3 Å². The van der Waals surface area contributed by atoms with Crippen molar-refractivity contribution in [3.05, 3.63) is 47.1 Å². The number of allylic oxidation sites excluding steroid dienone is 4. The molecule has 3 rings (SSSR count). The number of hydrogen-bond acceptors (Lipinski definition) is 4. The van der Waals surface area contributed by atoms with Crippen molar-refractivity contribution >= 4 is 0 Å². The summed E-state index contributed by atoms with van der Waals surface area (Å²) in [6.45, 7) is 12.9. The van der Waals surface area contributed by atoms with E-state index in [1.807, 2.05) is 13.8 Å². The smallest absolute Gasteiger partial charge is 0.0811 e. The van der Waals surface area contributed by atoms with Gasteiger partial charge in [0, 0.05) is 6.42 Å². The first-order valence-corrected chi connectivity index (χ1v) is 11.6. The summed E-state index contributed by atoms with van der Waals surface area (Å²) in [4.78, 5) is 0. The molecule has 0 aliphatic heterocycles. The Balaban J connectivity index is 1.73. The van der Waals surface area contributed by atoms with Gasteiger partial charge in [0.25, 0.3) is 0 Å². The van der Waals surface area contributed by atoms with Crippen LogP contribution < -0.4 is 0 Å². The summed E-state index contributed by atoms with van der Waals surface area (Å²) in [6, 6.07) is 0. The lowest BCUT2D eigenvalue weighted by molar-refractivity contribution is -0.0146. The van der Waals surface area contributed by atoms with Gasteiger partial charge in [-0.2, -0.15) is 0 Å². The van der Waals surface area contributed by atoms with E-state index in [2.05, 4.69) is 38.7 Å². The standard InChI is InChI=1S/C26H40O4/c1-16(2)25(29)15-30-18(4)22-10-11-23-19(7-6-12-26(22,23)5)8-9-20-13-21(27)14-24(28)17(20)3/h8-10,16,18,21,23-25,27-29H,3,6-7,11-15H2,1-2,4-5H3/b19-8+,20-9-/t18?,21-,23-,24-,25+,26+/m0/s1. The topological polar surface area (TPSA) is 69.9 Å². The van der Waals surface area contributed by atoms with Gasteiger partial charge in [0.05, 0.1) is 31.0 Å². The Labute approximate surface area is 182 Å². The quantitative estimate of drug-likeness (QED) is 0.559. The molecule has 0 radical (unpaired) electrons. The molecule has 3 N–H and O–H groups in total. The van der Waals surface area contributed by atoms with Gasteiger partial charge >= 0.3 is 0 Å². The zero-order valence-corrected chi connectivity index (χ0v) is 19.1. The molecule has 1 unspecified atom stereocenters. The summed E-state index contributed by atoms with van der Waals surface area (Å²) in [5.41, 5.74) is 4.61. The van der Waals surface area contributed by atoms with Crippen LogP contribution in [0.3, 0.4) is 0 Å². The average Bonchev–Trinajstić information content (AvgIpc) is 3.04. The Morgan fingerprint density at radius 1 is 1.27 bits per heavy atom. The van der Waals surface area contributed by atoms with Crippen LogP contribution in [-0.2, 0) is 4.74 Å². The van der Waals surface area contributed by atoms with Crippen LogP contribution in [-0.4, -0.2) is 46.3 Å². The van der Waals surface area contributed by atoms with E-state index in [4.69, 9.17) is 4.74 Å². The molecule has 6 atom stereocenters. The molecule has 0 aromatic rings. The molecule has 0 aromatic heterocycles. The lowest BCUT2D eigenvalue weighted by atomic mass is 9.63. The highest BCUT2D eigenvalue weighted by Gasteiger charge is 2.46. The van der Waals surface area contributed by atoms with Crippen molar-refractivity contribution < 1.29 is 20.1 Å². The zero-order valence-electron chi connectivity index (χ0n) is 19.1. The summed E-state index contributed by atoms with van der Waals surface area (Å²) in [7, 11) is 0. The molecular formula is C26H40O4. The van der Waals surface area contributed by atoms with E-state index >= 15 is 0 Å². The van der Waals surface area contributed by atoms with E-state index in [1.54, 1.807) is 0 Å². The highest BCUT2D eigenvalue weighted by atomic mass is 16.5. The molecule has 4 nitrogen and oxygen atoms in total. The molecule has 0 heterocycles. The third-order valence-corrected chi connectivity index (χ3v) is 7.60. The molecule has 2 saturated carbocycles. The number of ether oxygens (including phenoxy) is 1. The molecule has 0 amide bonds. The normalized spacial score (nSPS) is 36.9. The Hall–Kier alpha value is -1.20. The van der Waals surface area contributed by atoms with E-state index in [0.717, 1.165) is 36.8 Å². The van der Waals surface area contributed by atoms with E-state index in [1.165, 1.54) is 11.1 Å². The maximum atomic E-state index is 10.1. The Kier molecular flexibility index (Phi) is 7.44. The lowest BCUT2D eigenvalue weighted by Crippen LogP contribution is -2.35. The second kappa shape index (κ2) is 9.52. The van der Waals surface area contributed by atoms with Crippen LogP contribution in [0.1, 0.15) is 66.2 Å². The largest absolute Gasteiger partial charge is 0.393 e. The summed E-state index contributed by atoms with van der Waals surface area (Å²) in [5.74, 6) is 0.660. The van der Waals surface area contributed by atoms with Crippen molar-refractivity contribution in [2.24, 2.45) is 17.3 Å². The van der Waals surface area contributed by atoms with Crippen molar-refractivity contribution in [3.8, 4) is 0 Å². The van der Waals surface area contributed by atoms with Crippen molar-refractivity contribution in [1.82, 2.24) is 0 Å². The monoisotopic (exact) mass is 416 g/mol. The molecule has 0 saturated heterocycles. The van der Waals surface area contributed by atoms with Gasteiger partial charge in [-0.05, 0) is 73.0 Å². The molecule has 0 spiro atoms. The Bertz CT molecular complexity index is 731. The predicted molar refractivity (Wildman–Crippen MR) is 121 cm³/mol. The second-order valence-corrected chi connectivity index (χ2v) is 10.1. The van der Waals surface area contributed by atoms with E-state index in [9.17, 15) is 15.3 Å². The molecular weight excluding hydrogens is 376 g/mol. The molecule has 2 fully saturated rings. The second-order valence-electron chi connectivity index (χ2n) is 10.1. The fraction of sp³-hybridized carbons (Fsp3) is 0.692. The number of aliphatic hydroxyl groups is 3. The van der Waals surface area contributed by atoms with Crippen molar-refractivity contribution in [2.45, 2.75) is 90.6 Å². The zero-order chi connectivity index (χ0) is 22.1. The van der Waals surface area contributed by atoms with Gasteiger partial charge in [-0.1, -0.05) is 51.2 Å². The molecule has 30 heavy (non-hydrogen) atoms. The fourth-order valence-corrected chi connectivity index (χ4v) is 5.47. The number of hydrogen-bond donors (Lipinski definition) is 3. The van der Waals surface area contributed by atoms with Gasteiger partial charge in [-0.3, -0.25) is 0 Å². The lowest BCUT2D eigenvalue weighted by Gasteiger charge is -2.42. The first-order valence-electron chi connectivity index (χ1n) is 11.6. The molecule has 168 valence electrons. The van der Waals surface area contributed by atoms with Crippen molar-refractivity contribution in [2.75, 3.05) is 6.61 Å². The van der Waals surface area contributed by atoms with Gasteiger partial charge in [-0.15, -0.1) is 0 Å². The minimum atomic E-state index is -0.644. The number of fused-ring (bicyclic) bond motifs is 1. The molecule has 4 heteroatoms. The van der Waals surface area contributed by atoms with Crippen LogP contribution in [0.4, 0.5) is 0 Å². The first-order chi connectivity index (χ1) is 14.1. The number of rotatable bonds is 6. The predicted octanol–water partition coefficient (Wildman–Crippen LogP) is 4.47. The van der Waals surface area contributed by atoms with Crippen LogP contribution >= 0.6 is 0 Å². The first kappa shape index (κ1) is 23.5. The van der Waals surface area contributed by atoms with Crippen molar-refractivity contribution in [1.29, 1.82) is 0 Å². The summed E-state index contributed by atoms with van der Waals surface area (Å²) in [6.07, 6.45) is 10.4. The average molecular weight is 417 g/mol. The van der Waals surface area contributed by atoms with E-state index in [0.29, 0.717) is 25.4 Å². The third kappa shape index (κ3) is 4.83. The van der Waals surface area contributed by atoms with Gasteiger partial charge in [0.2, 0.25) is 0 Å². The van der Waals surface area contributed by atoms with Gasteiger partial charge in [0.1, 0.15) is 0 Å². The molecule has 0 bridgehead atoms. The van der Waals surface area contributed by atoms with Crippen molar-refractivity contribution in [3.63, 3.8) is 0 Å². The van der Waals surface area contributed by atoms with Crippen LogP contribution in [0, 0.1) is 17.3 Å². The number of aliphatic hydroxyl groups excluding tert-OH is 3. The van der Waals surface area contributed by atoms with Crippen LogP contribution in [0.5, 0.6) is 0 Å². The van der Waals surface area contributed by atoms with Crippen LogP contribution in [0.25, 0.3) is 0 Å². The van der Waals surface area contributed by atoms with Gasteiger partial charge < -0.3 is 20.1 Å². The summed E-state index contributed by atoms with van der Waals surface area (Å²) in [5, 5.41) is 30.2. The van der Waals surface area contributed by atoms with Gasteiger partial charge in [-0.25, -0.2) is 0 Å². The maximum Gasteiger partial charge on any atom is 0.0811 e. The molecule has 3 aliphatic carbocycles. The molecule has 3 aliphatic rings.